The molecule has 0 spiro atoms. The first-order valence-corrected chi connectivity index (χ1v) is 7.14. The molecule has 0 saturated heterocycles. The average molecular weight is 385 g/mol. The van der Waals surface area contributed by atoms with Crippen LogP contribution >= 0.6 is 24.8 Å². The van der Waals surface area contributed by atoms with Crippen molar-refractivity contribution in [3.63, 3.8) is 0 Å². The third kappa shape index (κ3) is 7.96. The summed E-state index contributed by atoms with van der Waals surface area (Å²) in [4.78, 5) is 30.3. The van der Waals surface area contributed by atoms with Gasteiger partial charge in [-0.2, -0.15) is 0 Å². The Morgan fingerprint density at radius 3 is 2.50 bits per heavy atom. The molecule has 5 N–H and O–H groups in total. The summed E-state index contributed by atoms with van der Waals surface area (Å²) in [5.74, 6) is -1.05. The summed E-state index contributed by atoms with van der Waals surface area (Å²) in [6.07, 6.45) is 2.38. The van der Waals surface area contributed by atoms with Gasteiger partial charge in [-0.1, -0.05) is 13.8 Å². The molecule has 1 aromatic rings. The van der Waals surface area contributed by atoms with Gasteiger partial charge in [0.05, 0.1) is 25.5 Å². The summed E-state index contributed by atoms with van der Waals surface area (Å²) in [6.45, 7) is 3.85. The number of nitrogens with two attached hydrogens (primary N) is 1. The molecular weight excluding hydrogens is 359 g/mol. The fourth-order valence-corrected chi connectivity index (χ4v) is 2.08. The number of carbonyl (C=O) groups excluding carboxylic acids is 2. The number of aromatic amines is 1. The molecule has 0 fully saturated rings. The van der Waals surface area contributed by atoms with Gasteiger partial charge < -0.3 is 25.9 Å². The first-order chi connectivity index (χ1) is 10.3. The maximum atomic E-state index is 12.1. The Hall–Kier alpha value is -1.35. The Balaban J connectivity index is 0. The van der Waals surface area contributed by atoms with Crippen LogP contribution < -0.4 is 11.1 Å². The van der Waals surface area contributed by atoms with E-state index >= 15 is 0 Å². The number of nitrogens with one attached hydrogen (secondary N) is 2. The van der Waals surface area contributed by atoms with Gasteiger partial charge in [-0.25, -0.2) is 9.78 Å². The van der Waals surface area contributed by atoms with Gasteiger partial charge in [-0.3, -0.25) is 4.79 Å². The van der Waals surface area contributed by atoms with Crippen LogP contribution in [-0.2, 0) is 20.7 Å². The molecule has 1 rings (SSSR count). The molecule has 24 heavy (non-hydrogen) atoms. The third-order valence-electron chi connectivity index (χ3n) is 3.21. The smallest absolute Gasteiger partial charge is 0.336 e. The Morgan fingerprint density at radius 2 is 2.04 bits per heavy atom. The molecule has 1 unspecified atom stereocenters. The third-order valence-corrected chi connectivity index (χ3v) is 3.21. The Bertz CT molecular complexity index is 485. The van der Waals surface area contributed by atoms with Crippen molar-refractivity contribution in [1.29, 1.82) is 0 Å². The Kier molecular flexibility index (Phi) is 12.5. The van der Waals surface area contributed by atoms with E-state index in [1.54, 1.807) is 6.20 Å². The first kappa shape index (κ1) is 24.9. The van der Waals surface area contributed by atoms with Crippen LogP contribution in [0.3, 0.4) is 0 Å². The lowest BCUT2D eigenvalue weighted by Crippen LogP contribution is -2.53. The number of carbonyl (C=O) groups is 2. The van der Waals surface area contributed by atoms with E-state index in [0.29, 0.717) is 6.42 Å². The highest BCUT2D eigenvalue weighted by Crippen LogP contribution is 2.10. The number of aliphatic hydroxyl groups excluding tert-OH is 1. The number of hydrogen-bond acceptors (Lipinski definition) is 6. The Labute approximate surface area is 153 Å². The van der Waals surface area contributed by atoms with Crippen LogP contribution in [0.25, 0.3) is 0 Å². The van der Waals surface area contributed by atoms with E-state index in [9.17, 15) is 14.7 Å². The summed E-state index contributed by atoms with van der Waals surface area (Å²) in [7, 11) is 1.18. The molecule has 0 saturated carbocycles. The molecule has 1 aromatic heterocycles. The average Bonchev–Trinajstić information content (AvgIpc) is 2.97. The fourth-order valence-electron chi connectivity index (χ4n) is 2.08. The molecule has 3 atom stereocenters. The van der Waals surface area contributed by atoms with Crippen molar-refractivity contribution < 1.29 is 19.4 Å². The van der Waals surface area contributed by atoms with E-state index in [0.717, 1.165) is 5.69 Å². The molecule has 140 valence electrons. The van der Waals surface area contributed by atoms with Gasteiger partial charge in [-0.15, -0.1) is 24.8 Å². The fraction of sp³-hybridized carbons (Fsp3) is 0.643. The SMILES string of the molecule is COC(=O)C(O)[C@H](CC(C)C)NC(=O)[C@@H](N)Cc1cnc[nH]1.Cl.Cl. The van der Waals surface area contributed by atoms with Gasteiger partial charge in [-0.05, 0) is 12.3 Å². The van der Waals surface area contributed by atoms with E-state index in [1.807, 2.05) is 13.8 Å². The summed E-state index contributed by atoms with van der Waals surface area (Å²) >= 11 is 0. The van der Waals surface area contributed by atoms with Gasteiger partial charge in [0.15, 0.2) is 6.10 Å². The molecular formula is C14H26Cl2N4O4. The largest absolute Gasteiger partial charge is 0.467 e. The second-order valence-corrected chi connectivity index (χ2v) is 5.60. The van der Waals surface area contributed by atoms with Crippen molar-refractivity contribution in [3.05, 3.63) is 18.2 Å². The van der Waals surface area contributed by atoms with Crippen LogP contribution in [-0.4, -0.2) is 52.2 Å². The monoisotopic (exact) mass is 384 g/mol. The number of H-pyrrole nitrogens is 1. The molecule has 1 amide bonds. The molecule has 0 aliphatic heterocycles. The van der Waals surface area contributed by atoms with Gasteiger partial charge in [0.2, 0.25) is 5.91 Å². The number of ether oxygens (including phenoxy) is 1. The van der Waals surface area contributed by atoms with Crippen molar-refractivity contribution in [1.82, 2.24) is 15.3 Å². The second kappa shape index (κ2) is 12.1. The predicted octanol–water partition coefficient (Wildman–Crippen LogP) is 0.188. The number of amides is 1. The predicted molar refractivity (Wildman–Crippen MR) is 94.2 cm³/mol. The summed E-state index contributed by atoms with van der Waals surface area (Å²) in [6, 6.07) is -1.55. The zero-order chi connectivity index (χ0) is 16.7. The van der Waals surface area contributed by atoms with E-state index < -0.39 is 30.1 Å². The number of imidazole rings is 1. The van der Waals surface area contributed by atoms with E-state index in [1.165, 1.54) is 13.4 Å². The standard InChI is InChI=1S/C14H24N4O4.2ClH/c1-8(2)4-11(12(19)14(21)22-3)18-13(20)10(15)5-9-6-16-7-17-9;;/h6-8,10-12,19H,4-5,15H2,1-3H3,(H,16,17)(H,18,20);2*1H/t10-,11-,12?;;/m0../s1. The summed E-state index contributed by atoms with van der Waals surface area (Å²) in [5, 5.41) is 12.6. The van der Waals surface area contributed by atoms with Crippen molar-refractivity contribution in [2.24, 2.45) is 11.7 Å². The van der Waals surface area contributed by atoms with Crippen LogP contribution in [0.1, 0.15) is 26.0 Å². The number of nitrogens with zero attached hydrogens (tertiary/aromatic N) is 1. The number of esters is 1. The number of methoxy groups -OCH3 is 1. The summed E-state index contributed by atoms with van der Waals surface area (Å²) < 4.78 is 4.52. The molecule has 0 radical (unpaired) electrons. The topological polar surface area (TPSA) is 130 Å². The number of rotatable bonds is 8. The van der Waals surface area contributed by atoms with Crippen LogP contribution in [0, 0.1) is 5.92 Å². The van der Waals surface area contributed by atoms with Gasteiger partial charge in [0.1, 0.15) is 0 Å². The molecule has 8 nitrogen and oxygen atoms in total. The molecule has 0 aromatic carbocycles. The quantitative estimate of drug-likeness (QED) is 0.473. The van der Waals surface area contributed by atoms with Gasteiger partial charge in [0.25, 0.3) is 0 Å². The lowest BCUT2D eigenvalue weighted by molar-refractivity contribution is -0.152. The van der Waals surface area contributed by atoms with Gasteiger partial charge >= 0.3 is 5.97 Å². The molecule has 10 heteroatoms. The normalized spacial score (nSPS) is 13.9. The minimum atomic E-state index is -1.42. The number of aliphatic hydroxyl groups is 1. The van der Waals surface area contributed by atoms with Crippen molar-refractivity contribution >= 4 is 36.7 Å². The van der Waals surface area contributed by atoms with E-state index in [-0.39, 0.29) is 37.2 Å². The number of hydrogen-bond donors (Lipinski definition) is 4. The zero-order valence-electron chi connectivity index (χ0n) is 13.9. The van der Waals surface area contributed by atoms with Crippen molar-refractivity contribution in [3.8, 4) is 0 Å². The zero-order valence-corrected chi connectivity index (χ0v) is 15.5. The minimum Gasteiger partial charge on any atom is -0.467 e. The van der Waals surface area contributed by atoms with Crippen LogP contribution in [0.15, 0.2) is 12.5 Å². The maximum absolute atomic E-state index is 12.1. The van der Waals surface area contributed by atoms with Crippen molar-refractivity contribution in [2.45, 2.75) is 44.9 Å². The molecule has 0 aliphatic rings. The lowest BCUT2D eigenvalue weighted by Gasteiger charge is -2.25. The Morgan fingerprint density at radius 1 is 1.42 bits per heavy atom. The van der Waals surface area contributed by atoms with E-state index in [4.69, 9.17) is 5.73 Å². The molecule has 0 aliphatic carbocycles. The van der Waals surface area contributed by atoms with Crippen LogP contribution in [0.5, 0.6) is 0 Å². The van der Waals surface area contributed by atoms with Crippen LogP contribution in [0.2, 0.25) is 0 Å². The van der Waals surface area contributed by atoms with Gasteiger partial charge in [0, 0.05) is 18.3 Å². The second-order valence-electron chi connectivity index (χ2n) is 5.60. The minimum absolute atomic E-state index is 0. The van der Waals surface area contributed by atoms with E-state index in [2.05, 4.69) is 20.0 Å². The number of aromatic nitrogens is 2. The highest BCUT2D eigenvalue weighted by atomic mass is 35.5. The molecule has 1 heterocycles. The van der Waals surface area contributed by atoms with Crippen LogP contribution in [0.4, 0.5) is 0 Å². The lowest BCUT2D eigenvalue weighted by atomic mass is 9.98. The summed E-state index contributed by atoms with van der Waals surface area (Å²) in [5.41, 5.74) is 6.57. The molecule has 0 bridgehead atoms. The highest BCUT2D eigenvalue weighted by Gasteiger charge is 2.30. The van der Waals surface area contributed by atoms with Crippen molar-refractivity contribution in [2.75, 3.05) is 7.11 Å². The maximum Gasteiger partial charge on any atom is 0.336 e. The first-order valence-electron chi connectivity index (χ1n) is 7.14. The number of halogens is 2. The highest BCUT2D eigenvalue weighted by molar-refractivity contribution is 5.85.